The van der Waals surface area contributed by atoms with E-state index >= 15 is 0 Å². The molecule has 1 amide bonds. The fraction of sp³-hybridized carbons (Fsp3) is 0.0588. The summed E-state index contributed by atoms with van der Waals surface area (Å²) in [5.74, 6) is -0.600. The minimum absolute atomic E-state index is 0.233. The van der Waals surface area contributed by atoms with Crippen LogP contribution in [0.15, 0.2) is 36.7 Å². The van der Waals surface area contributed by atoms with Crippen molar-refractivity contribution in [1.82, 2.24) is 20.2 Å². The quantitative estimate of drug-likeness (QED) is 0.489. The molecule has 118 valence electrons. The first-order valence-corrected chi connectivity index (χ1v) is 7.35. The fourth-order valence-corrected chi connectivity index (χ4v) is 3.04. The Bertz CT molecular complexity index is 1110. The molecule has 0 saturated heterocycles. The molecule has 0 aliphatic heterocycles. The highest BCUT2D eigenvalue weighted by atomic mass is 16.1. The SMILES string of the molecule is Cc1n[nH]c2cccc(-c3c(N)c(C(N)=O)cc4nccnc34)c12. The van der Waals surface area contributed by atoms with Crippen molar-refractivity contribution in [2.45, 2.75) is 6.92 Å². The molecule has 4 aromatic rings. The molecule has 0 spiro atoms. The number of rotatable bonds is 2. The summed E-state index contributed by atoms with van der Waals surface area (Å²) in [5.41, 5.74) is 16.7. The number of aromatic nitrogens is 4. The largest absolute Gasteiger partial charge is 0.398 e. The Labute approximate surface area is 136 Å². The van der Waals surface area contributed by atoms with Crippen molar-refractivity contribution in [2.75, 3.05) is 5.73 Å². The van der Waals surface area contributed by atoms with E-state index in [0.29, 0.717) is 22.3 Å². The summed E-state index contributed by atoms with van der Waals surface area (Å²) in [6.45, 7) is 1.91. The molecule has 7 heteroatoms. The molecule has 0 aliphatic rings. The molecule has 0 radical (unpaired) electrons. The molecule has 4 rings (SSSR count). The number of nitrogens with two attached hydrogens (primary N) is 2. The van der Waals surface area contributed by atoms with E-state index in [0.717, 1.165) is 22.2 Å². The molecule has 0 atom stereocenters. The van der Waals surface area contributed by atoms with Gasteiger partial charge in [-0.2, -0.15) is 5.10 Å². The minimum Gasteiger partial charge on any atom is -0.398 e. The second-order valence-corrected chi connectivity index (χ2v) is 5.54. The third kappa shape index (κ3) is 1.91. The minimum atomic E-state index is -0.600. The number of fused-ring (bicyclic) bond motifs is 2. The van der Waals surface area contributed by atoms with Crippen LogP contribution in [0, 0.1) is 6.92 Å². The Morgan fingerprint density at radius 1 is 1.21 bits per heavy atom. The Morgan fingerprint density at radius 2 is 2.00 bits per heavy atom. The van der Waals surface area contributed by atoms with Gasteiger partial charge in [0.2, 0.25) is 0 Å². The zero-order valence-corrected chi connectivity index (χ0v) is 12.9. The lowest BCUT2D eigenvalue weighted by atomic mass is 9.94. The van der Waals surface area contributed by atoms with Crippen LogP contribution in [0.3, 0.4) is 0 Å². The number of aryl methyl sites for hydroxylation is 1. The van der Waals surface area contributed by atoms with Crippen LogP contribution in [0.5, 0.6) is 0 Å². The molecule has 24 heavy (non-hydrogen) atoms. The second-order valence-electron chi connectivity index (χ2n) is 5.54. The number of anilines is 1. The topological polar surface area (TPSA) is 124 Å². The number of aromatic amines is 1. The van der Waals surface area contributed by atoms with Gasteiger partial charge in [-0.05, 0) is 24.6 Å². The molecular weight excluding hydrogens is 304 g/mol. The predicted molar refractivity (Wildman–Crippen MR) is 92.3 cm³/mol. The Hall–Kier alpha value is -3.48. The summed E-state index contributed by atoms with van der Waals surface area (Å²) < 4.78 is 0. The molecule has 2 heterocycles. The summed E-state index contributed by atoms with van der Waals surface area (Å²) in [6, 6.07) is 7.33. The Morgan fingerprint density at radius 3 is 2.79 bits per heavy atom. The van der Waals surface area contributed by atoms with E-state index in [9.17, 15) is 4.79 Å². The number of carbonyl (C=O) groups is 1. The van der Waals surface area contributed by atoms with Crippen LogP contribution >= 0.6 is 0 Å². The lowest BCUT2D eigenvalue weighted by molar-refractivity contribution is 0.100. The van der Waals surface area contributed by atoms with Crippen molar-refractivity contribution >= 4 is 33.5 Å². The number of nitrogens with zero attached hydrogens (tertiary/aromatic N) is 3. The van der Waals surface area contributed by atoms with Crippen LogP contribution in [0.2, 0.25) is 0 Å². The van der Waals surface area contributed by atoms with Gasteiger partial charge in [-0.15, -0.1) is 0 Å². The van der Waals surface area contributed by atoms with Gasteiger partial charge in [0.1, 0.15) is 0 Å². The summed E-state index contributed by atoms with van der Waals surface area (Å²) in [4.78, 5) is 20.5. The summed E-state index contributed by atoms with van der Waals surface area (Å²) in [6.07, 6.45) is 3.16. The number of primary amides is 1. The number of hydrogen-bond acceptors (Lipinski definition) is 5. The predicted octanol–water partition coefficient (Wildman–Crippen LogP) is 2.16. The maximum atomic E-state index is 11.8. The van der Waals surface area contributed by atoms with E-state index in [1.165, 1.54) is 0 Å². The van der Waals surface area contributed by atoms with E-state index in [2.05, 4.69) is 20.2 Å². The van der Waals surface area contributed by atoms with Gasteiger partial charge in [0.15, 0.2) is 0 Å². The number of carbonyl (C=O) groups excluding carboxylic acids is 1. The van der Waals surface area contributed by atoms with Crippen LogP contribution in [0.1, 0.15) is 16.1 Å². The van der Waals surface area contributed by atoms with Crippen LogP contribution < -0.4 is 11.5 Å². The molecule has 7 nitrogen and oxygen atoms in total. The van der Waals surface area contributed by atoms with E-state index < -0.39 is 5.91 Å². The van der Waals surface area contributed by atoms with E-state index in [4.69, 9.17) is 11.5 Å². The highest BCUT2D eigenvalue weighted by Crippen LogP contribution is 2.38. The maximum Gasteiger partial charge on any atom is 0.250 e. The third-order valence-corrected chi connectivity index (χ3v) is 4.11. The van der Waals surface area contributed by atoms with Gasteiger partial charge >= 0.3 is 0 Å². The van der Waals surface area contributed by atoms with Gasteiger partial charge in [0.25, 0.3) is 5.91 Å². The number of benzene rings is 2. The van der Waals surface area contributed by atoms with Crippen LogP contribution in [0.25, 0.3) is 33.1 Å². The van der Waals surface area contributed by atoms with Crippen molar-refractivity contribution in [3.05, 3.63) is 47.9 Å². The van der Waals surface area contributed by atoms with Gasteiger partial charge in [-0.25, -0.2) is 0 Å². The van der Waals surface area contributed by atoms with Crippen molar-refractivity contribution < 1.29 is 4.79 Å². The Kier molecular flexibility index (Phi) is 2.96. The second kappa shape index (κ2) is 5.02. The van der Waals surface area contributed by atoms with Crippen molar-refractivity contribution in [2.24, 2.45) is 5.73 Å². The summed E-state index contributed by atoms with van der Waals surface area (Å²) in [5, 5.41) is 8.17. The van der Waals surface area contributed by atoms with Gasteiger partial charge in [-0.1, -0.05) is 12.1 Å². The van der Waals surface area contributed by atoms with Crippen molar-refractivity contribution in [3.8, 4) is 11.1 Å². The Balaban J connectivity index is 2.21. The smallest absolute Gasteiger partial charge is 0.250 e. The summed E-state index contributed by atoms with van der Waals surface area (Å²) in [7, 11) is 0. The first kappa shape index (κ1) is 14.1. The van der Waals surface area contributed by atoms with E-state index in [1.807, 2.05) is 25.1 Å². The molecule has 0 saturated carbocycles. The van der Waals surface area contributed by atoms with Crippen molar-refractivity contribution in [1.29, 1.82) is 0 Å². The van der Waals surface area contributed by atoms with Crippen LogP contribution in [0.4, 0.5) is 5.69 Å². The van der Waals surface area contributed by atoms with Gasteiger partial charge < -0.3 is 11.5 Å². The van der Waals surface area contributed by atoms with Gasteiger partial charge in [-0.3, -0.25) is 19.9 Å². The molecule has 2 aromatic heterocycles. The van der Waals surface area contributed by atoms with Crippen LogP contribution in [-0.4, -0.2) is 26.1 Å². The fourth-order valence-electron chi connectivity index (χ4n) is 3.04. The highest BCUT2D eigenvalue weighted by molar-refractivity contribution is 6.13. The number of nitrogens with one attached hydrogen (secondary N) is 1. The average Bonchev–Trinajstić information content (AvgIpc) is 2.96. The van der Waals surface area contributed by atoms with Crippen LogP contribution in [-0.2, 0) is 0 Å². The monoisotopic (exact) mass is 318 g/mol. The normalized spacial score (nSPS) is 11.2. The molecule has 0 fully saturated rings. The zero-order chi connectivity index (χ0) is 16.8. The van der Waals surface area contributed by atoms with E-state index in [-0.39, 0.29) is 5.56 Å². The summed E-state index contributed by atoms with van der Waals surface area (Å²) >= 11 is 0. The van der Waals surface area contributed by atoms with Gasteiger partial charge in [0, 0.05) is 23.3 Å². The maximum absolute atomic E-state index is 11.8. The number of H-pyrrole nitrogens is 1. The standard InChI is InChI=1S/C17H14N6O/c1-8-13-9(3-2-4-11(13)23-22-8)14-15(18)10(17(19)24)7-12-16(14)21-6-5-20-12/h2-7H,18H2,1H3,(H2,19,24)(H,22,23). The molecule has 0 aliphatic carbocycles. The zero-order valence-electron chi connectivity index (χ0n) is 12.9. The molecule has 0 unspecified atom stereocenters. The van der Waals surface area contributed by atoms with E-state index in [1.54, 1.807) is 18.5 Å². The molecule has 2 aromatic carbocycles. The van der Waals surface area contributed by atoms with Crippen molar-refractivity contribution in [3.63, 3.8) is 0 Å². The van der Waals surface area contributed by atoms with Gasteiger partial charge in [0.05, 0.1) is 33.5 Å². The average molecular weight is 318 g/mol. The number of hydrogen-bond donors (Lipinski definition) is 3. The number of amides is 1. The third-order valence-electron chi connectivity index (χ3n) is 4.11. The molecule has 5 N–H and O–H groups in total. The number of nitrogen functional groups attached to an aromatic ring is 1. The highest BCUT2D eigenvalue weighted by Gasteiger charge is 2.20. The molecular formula is C17H14N6O. The molecule has 0 bridgehead atoms. The first-order valence-electron chi connectivity index (χ1n) is 7.35. The lowest BCUT2D eigenvalue weighted by Gasteiger charge is -2.13. The first-order chi connectivity index (χ1) is 11.6. The lowest BCUT2D eigenvalue weighted by Crippen LogP contribution is -2.14.